The smallest absolute Gasteiger partial charge is 0.0897 e. The van der Waals surface area contributed by atoms with Gasteiger partial charge in [-0.15, -0.1) is 0 Å². The average molecular weight is 283 g/mol. The van der Waals surface area contributed by atoms with Gasteiger partial charge in [0.1, 0.15) is 0 Å². The quantitative estimate of drug-likeness (QED) is 0.637. The molecule has 0 fully saturated rings. The molecule has 2 atom stereocenters. The summed E-state index contributed by atoms with van der Waals surface area (Å²) in [6.45, 7) is 8.20. The Morgan fingerprint density at radius 3 is 2.75 bits per heavy atom. The van der Waals surface area contributed by atoms with Crippen LogP contribution in [0.15, 0.2) is 12.3 Å². The van der Waals surface area contributed by atoms with Crippen molar-refractivity contribution >= 4 is 0 Å². The first-order valence-electron chi connectivity index (χ1n) is 7.46. The predicted molar refractivity (Wildman–Crippen MR) is 80.7 cm³/mol. The van der Waals surface area contributed by atoms with Crippen LogP contribution in [-0.2, 0) is 18.2 Å². The topological polar surface area (TPSA) is 59.3 Å². The van der Waals surface area contributed by atoms with Crippen LogP contribution in [0.1, 0.15) is 32.9 Å². The van der Waals surface area contributed by atoms with Crippen LogP contribution < -0.4 is 5.32 Å². The Balaban J connectivity index is 2.05. The molecule has 1 aromatic rings. The number of aryl methyl sites for hydroxylation is 1. The van der Waals surface area contributed by atoms with Crippen LogP contribution >= 0.6 is 0 Å². The minimum atomic E-state index is -0.448. The van der Waals surface area contributed by atoms with E-state index in [0.29, 0.717) is 19.1 Å². The van der Waals surface area contributed by atoms with Crippen molar-refractivity contribution in [2.24, 2.45) is 13.0 Å². The maximum Gasteiger partial charge on any atom is 0.0897 e. The number of ether oxygens (including phenoxy) is 1. The van der Waals surface area contributed by atoms with E-state index in [1.807, 2.05) is 17.8 Å². The summed E-state index contributed by atoms with van der Waals surface area (Å²) in [5, 5.41) is 17.2. The van der Waals surface area contributed by atoms with Crippen LogP contribution in [0.3, 0.4) is 0 Å². The maximum absolute atomic E-state index is 9.84. The van der Waals surface area contributed by atoms with Gasteiger partial charge in [-0.25, -0.2) is 0 Å². The number of rotatable bonds is 10. The predicted octanol–water partition coefficient (Wildman–Crippen LogP) is 1.36. The van der Waals surface area contributed by atoms with Crippen molar-refractivity contribution in [3.05, 3.63) is 18.0 Å². The molecular weight excluding hydrogens is 254 g/mol. The highest BCUT2D eigenvalue weighted by atomic mass is 16.5. The number of nitrogens with zero attached hydrogens (tertiary/aromatic N) is 2. The lowest BCUT2D eigenvalue weighted by molar-refractivity contribution is -0.00839. The zero-order valence-corrected chi connectivity index (χ0v) is 13.2. The van der Waals surface area contributed by atoms with E-state index in [0.717, 1.165) is 19.4 Å². The van der Waals surface area contributed by atoms with E-state index in [1.54, 1.807) is 6.20 Å². The molecule has 0 radical (unpaired) electrons. The summed E-state index contributed by atoms with van der Waals surface area (Å²) in [4.78, 5) is 0. The summed E-state index contributed by atoms with van der Waals surface area (Å²) in [6, 6.07) is 2.01. The van der Waals surface area contributed by atoms with E-state index < -0.39 is 6.10 Å². The minimum absolute atomic E-state index is 0.207. The Bertz CT molecular complexity index is 366. The standard InChI is InChI=1S/C15H29N3O2/c1-12(2)9-13(3)20-11-15(19)10-16-7-5-14-6-8-17-18(14)4/h6,8,12-13,15-16,19H,5,7,9-11H2,1-4H3. The second-order valence-electron chi connectivity index (χ2n) is 5.83. The molecule has 1 rings (SSSR count). The van der Waals surface area contributed by atoms with E-state index in [2.05, 4.69) is 31.2 Å². The van der Waals surface area contributed by atoms with Crippen molar-refractivity contribution in [2.45, 2.75) is 45.8 Å². The third-order valence-electron chi connectivity index (χ3n) is 3.24. The van der Waals surface area contributed by atoms with Crippen LogP contribution in [-0.4, -0.2) is 46.8 Å². The summed E-state index contributed by atoms with van der Waals surface area (Å²) >= 11 is 0. The molecule has 0 saturated carbocycles. The highest BCUT2D eigenvalue weighted by molar-refractivity contribution is 5.00. The normalized spacial score (nSPS) is 14.7. The van der Waals surface area contributed by atoms with E-state index in [9.17, 15) is 5.11 Å². The van der Waals surface area contributed by atoms with Crippen LogP contribution in [0.4, 0.5) is 0 Å². The van der Waals surface area contributed by atoms with Gasteiger partial charge in [0.25, 0.3) is 0 Å². The fourth-order valence-electron chi connectivity index (χ4n) is 2.20. The summed E-state index contributed by atoms with van der Waals surface area (Å²) in [7, 11) is 1.94. The Hall–Kier alpha value is -0.910. The van der Waals surface area contributed by atoms with Crippen molar-refractivity contribution < 1.29 is 9.84 Å². The molecule has 0 aliphatic rings. The summed E-state index contributed by atoms with van der Waals surface area (Å²) in [5.41, 5.74) is 1.19. The first-order chi connectivity index (χ1) is 9.49. The molecule has 0 amide bonds. The lowest BCUT2D eigenvalue weighted by atomic mass is 10.1. The Morgan fingerprint density at radius 2 is 2.15 bits per heavy atom. The van der Waals surface area contributed by atoms with Gasteiger partial charge in [-0.2, -0.15) is 5.10 Å². The molecule has 0 aliphatic carbocycles. The number of hydrogen-bond acceptors (Lipinski definition) is 4. The summed E-state index contributed by atoms with van der Waals surface area (Å²) in [5.74, 6) is 0.624. The SMILES string of the molecule is CC(C)CC(C)OCC(O)CNCCc1ccnn1C. The molecular formula is C15H29N3O2. The van der Waals surface area contributed by atoms with E-state index in [4.69, 9.17) is 4.74 Å². The minimum Gasteiger partial charge on any atom is -0.389 e. The molecule has 2 unspecified atom stereocenters. The first kappa shape index (κ1) is 17.1. The van der Waals surface area contributed by atoms with E-state index in [1.165, 1.54) is 5.69 Å². The Kier molecular flexibility index (Phi) is 7.80. The monoisotopic (exact) mass is 283 g/mol. The van der Waals surface area contributed by atoms with Gasteiger partial charge in [-0.1, -0.05) is 13.8 Å². The number of aromatic nitrogens is 2. The fraction of sp³-hybridized carbons (Fsp3) is 0.800. The zero-order valence-electron chi connectivity index (χ0n) is 13.2. The highest BCUT2D eigenvalue weighted by Gasteiger charge is 2.09. The number of aliphatic hydroxyl groups is 1. The van der Waals surface area contributed by atoms with Crippen molar-refractivity contribution in [3.8, 4) is 0 Å². The maximum atomic E-state index is 9.84. The van der Waals surface area contributed by atoms with Crippen molar-refractivity contribution in [3.63, 3.8) is 0 Å². The number of hydrogen-bond donors (Lipinski definition) is 2. The molecule has 0 saturated heterocycles. The highest BCUT2D eigenvalue weighted by Crippen LogP contribution is 2.07. The molecule has 20 heavy (non-hydrogen) atoms. The Labute approximate surface area is 122 Å². The third kappa shape index (κ3) is 7.03. The summed E-state index contributed by atoms with van der Waals surface area (Å²) < 4.78 is 7.50. The largest absolute Gasteiger partial charge is 0.389 e. The lowest BCUT2D eigenvalue weighted by Crippen LogP contribution is -2.33. The molecule has 1 aromatic heterocycles. The van der Waals surface area contributed by atoms with Crippen molar-refractivity contribution in [2.75, 3.05) is 19.7 Å². The molecule has 116 valence electrons. The van der Waals surface area contributed by atoms with Gasteiger partial charge in [-0.3, -0.25) is 4.68 Å². The average Bonchev–Trinajstić information content (AvgIpc) is 2.77. The summed E-state index contributed by atoms with van der Waals surface area (Å²) in [6.07, 6.45) is 3.50. The molecule has 0 spiro atoms. The number of nitrogens with one attached hydrogen (secondary N) is 1. The van der Waals surface area contributed by atoms with Crippen LogP contribution in [0.2, 0.25) is 0 Å². The zero-order chi connectivity index (χ0) is 15.0. The van der Waals surface area contributed by atoms with Crippen LogP contribution in [0, 0.1) is 5.92 Å². The molecule has 5 nitrogen and oxygen atoms in total. The molecule has 0 aromatic carbocycles. The Morgan fingerprint density at radius 1 is 1.40 bits per heavy atom. The van der Waals surface area contributed by atoms with Crippen molar-refractivity contribution in [1.29, 1.82) is 0 Å². The molecule has 2 N–H and O–H groups in total. The van der Waals surface area contributed by atoms with Crippen LogP contribution in [0.25, 0.3) is 0 Å². The van der Waals surface area contributed by atoms with Crippen molar-refractivity contribution in [1.82, 2.24) is 15.1 Å². The second-order valence-corrected chi connectivity index (χ2v) is 5.83. The molecule has 1 heterocycles. The number of aliphatic hydroxyl groups excluding tert-OH is 1. The first-order valence-corrected chi connectivity index (χ1v) is 7.46. The molecule has 0 aliphatic heterocycles. The fourth-order valence-corrected chi connectivity index (χ4v) is 2.20. The van der Waals surface area contributed by atoms with Crippen LogP contribution in [0.5, 0.6) is 0 Å². The van der Waals surface area contributed by atoms with E-state index >= 15 is 0 Å². The van der Waals surface area contributed by atoms with Gasteiger partial charge in [-0.05, 0) is 25.3 Å². The second kappa shape index (κ2) is 9.10. The third-order valence-corrected chi connectivity index (χ3v) is 3.24. The van der Waals surface area contributed by atoms with E-state index in [-0.39, 0.29) is 6.10 Å². The van der Waals surface area contributed by atoms with Gasteiger partial charge >= 0.3 is 0 Å². The molecule has 0 bridgehead atoms. The van der Waals surface area contributed by atoms with Gasteiger partial charge in [0.15, 0.2) is 0 Å². The van der Waals surface area contributed by atoms with Gasteiger partial charge in [0, 0.05) is 38.4 Å². The van der Waals surface area contributed by atoms with Gasteiger partial charge in [0.05, 0.1) is 18.8 Å². The molecule has 5 heteroatoms. The lowest BCUT2D eigenvalue weighted by Gasteiger charge is -2.18. The van der Waals surface area contributed by atoms with Gasteiger partial charge < -0.3 is 15.2 Å². The van der Waals surface area contributed by atoms with Gasteiger partial charge in [0.2, 0.25) is 0 Å².